The van der Waals surface area contributed by atoms with E-state index >= 15 is 0 Å². The monoisotopic (exact) mass is 241 g/mol. The average molecular weight is 241 g/mol. The lowest BCUT2D eigenvalue weighted by Gasteiger charge is -2.17. The molecule has 0 fully saturated rings. The van der Waals surface area contributed by atoms with E-state index in [0.717, 1.165) is 12.0 Å². The molecule has 0 atom stereocenters. The van der Waals surface area contributed by atoms with Crippen LogP contribution in [0.2, 0.25) is 0 Å². The summed E-state index contributed by atoms with van der Waals surface area (Å²) in [6.45, 7) is 4.71. The molecule has 17 heavy (non-hydrogen) atoms. The van der Waals surface area contributed by atoms with Crippen molar-refractivity contribution in [2.24, 2.45) is 0 Å². The maximum absolute atomic E-state index is 13.4. The Morgan fingerprint density at radius 2 is 2.12 bits per heavy atom. The van der Waals surface area contributed by atoms with Crippen LogP contribution in [0.3, 0.4) is 0 Å². The molecule has 0 aromatic heterocycles. The Morgan fingerprint density at radius 1 is 1.41 bits per heavy atom. The minimum Gasteiger partial charge on any atom is -0.494 e. The van der Waals surface area contributed by atoms with Crippen LogP contribution < -0.4 is 10.1 Å². The Kier molecular flexibility index (Phi) is 4.90. The first-order valence-corrected chi connectivity index (χ1v) is 5.68. The van der Waals surface area contributed by atoms with Gasteiger partial charge in [-0.05, 0) is 44.5 Å². The van der Waals surface area contributed by atoms with E-state index in [1.54, 1.807) is 19.9 Å². The number of aliphatic hydroxyl groups is 1. The van der Waals surface area contributed by atoms with Gasteiger partial charge in [-0.25, -0.2) is 4.39 Å². The van der Waals surface area contributed by atoms with Crippen molar-refractivity contribution in [2.75, 3.05) is 20.2 Å². The molecule has 96 valence electrons. The molecule has 0 aliphatic carbocycles. The fraction of sp³-hybridized carbons (Fsp3) is 0.538. The van der Waals surface area contributed by atoms with Gasteiger partial charge < -0.3 is 15.2 Å². The minimum absolute atomic E-state index is 0.262. The average Bonchev–Trinajstić information content (AvgIpc) is 2.23. The summed E-state index contributed by atoms with van der Waals surface area (Å²) in [5.41, 5.74) is 0.192. The van der Waals surface area contributed by atoms with Crippen LogP contribution in [-0.2, 0) is 6.42 Å². The van der Waals surface area contributed by atoms with Crippen molar-refractivity contribution in [3.05, 3.63) is 29.6 Å². The Labute approximate surface area is 102 Å². The number of benzene rings is 1. The summed E-state index contributed by atoms with van der Waals surface area (Å²) in [5, 5.41) is 12.6. The van der Waals surface area contributed by atoms with E-state index in [1.807, 2.05) is 6.07 Å². The lowest BCUT2D eigenvalue weighted by molar-refractivity contribution is 0.0801. The van der Waals surface area contributed by atoms with Crippen molar-refractivity contribution >= 4 is 0 Å². The van der Waals surface area contributed by atoms with E-state index < -0.39 is 5.60 Å². The second-order valence-corrected chi connectivity index (χ2v) is 4.71. The fourth-order valence-corrected chi connectivity index (χ4v) is 1.49. The molecule has 2 N–H and O–H groups in total. The van der Waals surface area contributed by atoms with Gasteiger partial charge in [0.1, 0.15) is 0 Å². The largest absolute Gasteiger partial charge is 0.494 e. The van der Waals surface area contributed by atoms with E-state index in [0.29, 0.717) is 13.1 Å². The van der Waals surface area contributed by atoms with Gasteiger partial charge in [-0.3, -0.25) is 0 Å². The first-order chi connectivity index (χ1) is 7.92. The number of hydrogen-bond donors (Lipinski definition) is 2. The molecular weight excluding hydrogens is 221 g/mol. The number of rotatable bonds is 6. The predicted octanol–water partition coefficient (Wildman–Crippen LogP) is 1.74. The van der Waals surface area contributed by atoms with Gasteiger partial charge in [-0.1, -0.05) is 6.07 Å². The molecule has 0 saturated heterocycles. The van der Waals surface area contributed by atoms with E-state index in [1.165, 1.54) is 13.2 Å². The lowest BCUT2D eigenvalue weighted by atomic mass is 10.1. The van der Waals surface area contributed by atoms with Gasteiger partial charge in [-0.15, -0.1) is 0 Å². The van der Waals surface area contributed by atoms with Crippen LogP contribution in [0.5, 0.6) is 5.75 Å². The number of ether oxygens (including phenoxy) is 1. The van der Waals surface area contributed by atoms with Crippen molar-refractivity contribution in [1.29, 1.82) is 0 Å². The smallest absolute Gasteiger partial charge is 0.165 e. The molecular formula is C13H20FNO2. The van der Waals surface area contributed by atoms with Crippen molar-refractivity contribution in [3.63, 3.8) is 0 Å². The zero-order valence-electron chi connectivity index (χ0n) is 10.6. The Balaban J connectivity index is 2.40. The molecule has 0 unspecified atom stereocenters. The summed E-state index contributed by atoms with van der Waals surface area (Å²) >= 11 is 0. The van der Waals surface area contributed by atoms with Crippen LogP contribution in [0.25, 0.3) is 0 Å². The summed E-state index contributed by atoms with van der Waals surface area (Å²) in [6.07, 6.45) is 0.719. The van der Waals surface area contributed by atoms with Crippen molar-refractivity contribution < 1.29 is 14.2 Å². The zero-order valence-corrected chi connectivity index (χ0v) is 10.6. The van der Waals surface area contributed by atoms with Crippen molar-refractivity contribution in [3.8, 4) is 5.75 Å². The van der Waals surface area contributed by atoms with Crippen LogP contribution in [0.4, 0.5) is 4.39 Å². The van der Waals surface area contributed by atoms with E-state index in [2.05, 4.69) is 5.32 Å². The third-order valence-corrected chi connectivity index (χ3v) is 2.36. The molecule has 1 rings (SSSR count). The summed E-state index contributed by atoms with van der Waals surface area (Å²) in [5.74, 6) is -0.0781. The van der Waals surface area contributed by atoms with Gasteiger partial charge in [0.2, 0.25) is 0 Å². The predicted molar refractivity (Wildman–Crippen MR) is 65.8 cm³/mol. The van der Waals surface area contributed by atoms with Gasteiger partial charge in [0.25, 0.3) is 0 Å². The molecule has 1 aromatic rings. The maximum atomic E-state index is 13.4. The molecule has 0 bridgehead atoms. The molecule has 0 saturated carbocycles. The second kappa shape index (κ2) is 5.98. The Hall–Kier alpha value is -1.13. The van der Waals surface area contributed by atoms with Gasteiger partial charge in [0, 0.05) is 6.54 Å². The van der Waals surface area contributed by atoms with Crippen molar-refractivity contribution in [2.45, 2.75) is 25.9 Å². The van der Waals surface area contributed by atoms with Crippen LogP contribution in [0.15, 0.2) is 18.2 Å². The zero-order chi connectivity index (χ0) is 12.9. The van der Waals surface area contributed by atoms with Crippen LogP contribution >= 0.6 is 0 Å². The van der Waals surface area contributed by atoms with Gasteiger partial charge in [0.15, 0.2) is 11.6 Å². The quantitative estimate of drug-likeness (QED) is 0.745. The summed E-state index contributed by atoms with van der Waals surface area (Å²) in [6, 6.07) is 4.94. The van der Waals surface area contributed by atoms with Gasteiger partial charge in [-0.2, -0.15) is 0 Å². The standard InChI is InChI=1S/C13H20FNO2/c1-13(2,16)9-15-7-6-10-4-5-12(17-3)11(14)8-10/h4-5,8,15-16H,6-7,9H2,1-3H3. The molecule has 0 radical (unpaired) electrons. The topological polar surface area (TPSA) is 41.5 Å². The van der Waals surface area contributed by atoms with Crippen molar-refractivity contribution in [1.82, 2.24) is 5.32 Å². The second-order valence-electron chi connectivity index (χ2n) is 4.71. The molecule has 0 amide bonds. The summed E-state index contributed by atoms with van der Waals surface area (Å²) < 4.78 is 18.2. The molecule has 1 aromatic carbocycles. The lowest BCUT2D eigenvalue weighted by Crippen LogP contribution is -2.35. The number of methoxy groups -OCH3 is 1. The first kappa shape index (κ1) is 13.9. The van der Waals surface area contributed by atoms with E-state index in [9.17, 15) is 9.50 Å². The molecule has 4 heteroatoms. The highest BCUT2D eigenvalue weighted by Gasteiger charge is 2.10. The van der Waals surface area contributed by atoms with Crippen LogP contribution in [0, 0.1) is 5.82 Å². The van der Waals surface area contributed by atoms with E-state index in [4.69, 9.17) is 4.74 Å². The summed E-state index contributed by atoms with van der Waals surface area (Å²) in [7, 11) is 1.45. The van der Waals surface area contributed by atoms with Crippen LogP contribution in [-0.4, -0.2) is 30.9 Å². The molecule has 0 heterocycles. The molecule has 3 nitrogen and oxygen atoms in total. The fourth-order valence-electron chi connectivity index (χ4n) is 1.49. The Bertz CT molecular complexity index is 361. The third-order valence-electron chi connectivity index (χ3n) is 2.36. The molecule has 0 spiro atoms. The highest BCUT2D eigenvalue weighted by molar-refractivity contribution is 5.29. The third kappa shape index (κ3) is 5.15. The Morgan fingerprint density at radius 3 is 2.65 bits per heavy atom. The SMILES string of the molecule is COc1ccc(CCNCC(C)(C)O)cc1F. The normalized spacial score (nSPS) is 11.6. The maximum Gasteiger partial charge on any atom is 0.165 e. The number of nitrogens with one attached hydrogen (secondary N) is 1. The molecule has 0 aliphatic heterocycles. The minimum atomic E-state index is -0.717. The number of hydrogen-bond acceptors (Lipinski definition) is 3. The van der Waals surface area contributed by atoms with Gasteiger partial charge >= 0.3 is 0 Å². The first-order valence-electron chi connectivity index (χ1n) is 5.68. The highest BCUT2D eigenvalue weighted by Crippen LogP contribution is 2.17. The van der Waals surface area contributed by atoms with Gasteiger partial charge in [0.05, 0.1) is 12.7 Å². The summed E-state index contributed by atoms with van der Waals surface area (Å²) in [4.78, 5) is 0. The van der Waals surface area contributed by atoms with Crippen LogP contribution in [0.1, 0.15) is 19.4 Å². The molecule has 0 aliphatic rings. The highest BCUT2D eigenvalue weighted by atomic mass is 19.1. The number of halogens is 1. The van der Waals surface area contributed by atoms with E-state index in [-0.39, 0.29) is 11.6 Å².